The van der Waals surface area contributed by atoms with E-state index >= 15 is 0 Å². The van der Waals surface area contributed by atoms with Gasteiger partial charge < -0.3 is 15.5 Å². The van der Waals surface area contributed by atoms with Gasteiger partial charge in [0.1, 0.15) is 11.9 Å². The second-order valence-electron chi connectivity index (χ2n) is 2.88. The van der Waals surface area contributed by atoms with Gasteiger partial charge in [-0.3, -0.25) is 9.59 Å². The SMILES string of the molecule is O=C(O)CCC[C@@H](NC(=O)CCl)C(=O)O. The van der Waals surface area contributed by atoms with Gasteiger partial charge >= 0.3 is 11.9 Å². The molecule has 0 aromatic carbocycles. The van der Waals surface area contributed by atoms with E-state index < -0.39 is 23.9 Å². The number of amides is 1. The van der Waals surface area contributed by atoms with Crippen LogP contribution in [-0.2, 0) is 14.4 Å². The van der Waals surface area contributed by atoms with Gasteiger partial charge in [-0.15, -0.1) is 11.6 Å². The number of hydrogen-bond donors (Lipinski definition) is 3. The molecule has 0 fully saturated rings. The molecule has 0 aromatic rings. The molecule has 0 radical (unpaired) electrons. The summed E-state index contributed by atoms with van der Waals surface area (Å²) in [6.07, 6.45) is 0.139. The van der Waals surface area contributed by atoms with Crippen LogP contribution in [0.1, 0.15) is 19.3 Å². The van der Waals surface area contributed by atoms with Crippen molar-refractivity contribution < 1.29 is 24.6 Å². The van der Waals surface area contributed by atoms with Gasteiger partial charge in [0.15, 0.2) is 0 Å². The van der Waals surface area contributed by atoms with Crippen molar-refractivity contribution in [1.29, 1.82) is 0 Å². The molecule has 15 heavy (non-hydrogen) atoms. The Morgan fingerprint density at radius 3 is 2.27 bits per heavy atom. The Morgan fingerprint density at radius 2 is 1.87 bits per heavy atom. The van der Waals surface area contributed by atoms with Gasteiger partial charge in [0.25, 0.3) is 0 Å². The van der Waals surface area contributed by atoms with E-state index in [1.54, 1.807) is 0 Å². The first-order chi connectivity index (χ1) is 6.97. The molecule has 0 heterocycles. The average molecular weight is 238 g/mol. The van der Waals surface area contributed by atoms with E-state index in [4.69, 9.17) is 21.8 Å². The second-order valence-corrected chi connectivity index (χ2v) is 3.15. The Balaban J connectivity index is 4.00. The number of nitrogens with one attached hydrogen (secondary N) is 1. The number of rotatable bonds is 7. The Morgan fingerprint density at radius 1 is 1.27 bits per heavy atom. The molecule has 0 spiro atoms. The first kappa shape index (κ1) is 13.7. The normalized spacial score (nSPS) is 11.8. The Bertz CT molecular complexity index is 255. The number of hydrogen-bond acceptors (Lipinski definition) is 3. The summed E-state index contributed by atoms with van der Waals surface area (Å²) < 4.78 is 0. The maximum Gasteiger partial charge on any atom is 0.326 e. The second kappa shape index (κ2) is 7.05. The summed E-state index contributed by atoms with van der Waals surface area (Å²) in [6, 6.07) is -1.07. The van der Waals surface area contributed by atoms with Crippen molar-refractivity contribution in [3.63, 3.8) is 0 Å². The Kier molecular flexibility index (Phi) is 6.44. The molecule has 0 aromatic heterocycles. The molecule has 0 saturated carbocycles. The summed E-state index contributed by atoms with van der Waals surface area (Å²) in [7, 11) is 0. The third-order valence-corrected chi connectivity index (χ3v) is 1.88. The van der Waals surface area contributed by atoms with Crippen LogP contribution in [0, 0.1) is 0 Å². The van der Waals surface area contributed by atoms with Crippen molar-refractivity contribution in [2.45, 2.75) is 25.3 Å². The molecule has 1 atom stereocenters. The van der Waals surface area contributed by atoms with Crippen molar-refractivity contribution in [1.82, 2.24) is 5.32 Å². The van der Waals surface area contributed by atoms with Crippen molar-refractivity contribution >= 4 is 29.4 Å². The summed E-state index contributed by atoms with van der Waals surface area (Å²) in [5.74, 6) is -3.09. The van der Waals surface area contributed by atoms with Gasteiger partial charge in [0.05, 0.1) is 0 Å². The zero-order chi connectivity index (χ0) is 11.8. The number of carbonyl (C=O) groups excluding carboxylic acids is 1. The van der Waals surface area contributed by atoms with Gasteiger partial charge in [-0.05, 0) is 12.8 Å². The standard InChI is InChI=1S/C8H12ClNO5/c9-4-6(11)10-5(8(14)15)2-1-3-7(12)13/h5H,1-4H2,(H,10,11)(H,12,13)(H,14,15)/t5-/m1/s1. The number of carbonyl (C=O) groups is 3. The monoisotopic (exact) mass is 237 g/mol. The molecular formula is C8H12ClNO5. The predicted molar refractivity (Wildman–Crippen MR) is 51.8 cm³/mol. The molecule has 0 bridgehead atoms. The van der Waals surface area contributed by atoms with Crippen LogP contribution in [0.4, 0.5) is 0 Å². The highest BCUT2D eigenvalue weighted by Gasteiger charge is 2.19. The smallest absolute Gasteiger partial charge is 0.326 e. The van der Waals surface area contributed by atoms with E-state index in [1.165, 1.54) is 0 Å². The molecule has 6 nitrogen and oxygen atoms in total. The number of carboxylic acids is 2. The predicted octanol–water partition coefficient (Wildman–Crippen LogP) is 0.0495. The highest BCUT2D eigenvalue weighted by Crippen LogP contribution is 2.01. The van der Waals surface area contributed by atoms with E-state index in [0.717, 1.165) is 0 Å². The molecular weight excluding hydrogens is 226 g/mol. The maximum atomic E-state index is 10.8. The topological polar surface area (TPSA) is 104 Å². The fourth-order valence-corrected chi connectivity index (χ4v) is 1.02. The third-order valence-electron chi connectivity index (χ3n) is 1.64. The summed E-state index contributed by atoms with van der Waals surface area (Å²) in [5.41, 5.74) is 0. The lowest BCUT2D eigenvalue weighted by molar-refractivity contribution is -0.142. The van der Waals surface area contributed by atoms with E-state index in [-0.39, 0.29) is 25.1 Å². The van der Waals surface area contributed by atoms with Crippen LogP contribution in [-0.4, -0.2) is 40.0 Å². The van der Waals surface area contributed by atoms with Crippen molar-refractivity contribution in [3.05, 3.63) is 0 Å². The summed E-state index contributed by atoms with van der Waals surface area (Å²) >= 11 is 5.19. The molecule has 7 heteroatoms. The lowest BCUT2D eigenvalue weighted by Gasteiger charge is -2.12. The molecule has 3 N–H and O–H groups in total. The van der Waals surface area contributed by atoms with Crippen LogP contribution in [0.3, 0.4) is 0 Å². The zero-order valence-corrected chi connectivity index (χ0v) is 8.66. The molecule has 0 unspecified atom stereocenters. The van der Waals surface area contributed by atoms with Crippen LogP contribution in [0.2, 0.25) is 0 Å². The van der Waals surface area contributed by atoms with Gasteiger partial charge in [0, 0.05) is 6.42 Å². The fourth-order valence-electron chi connectivity index (χ4n) is 0.948. The van der Waals surface area contributed by atoms with E-state index in [9.17, 15) is 14.4 Å². The highest BCUT2D eigenvalue weighted by atomic mass is 35.5. The minimum absolute atomic E-state index is 0.0737. The number of carboxylic acid groups (broad SMARTS) is 2. The lowest BCUT2D eigenvalue weighted by Crippen LogP contribution is -2.41. The fraction of sp³-hybridized carbons (Fsp3) is 0.625. The Labute approximate surface area is 91.2 Å². The summed E-state index contributed by atoms with van der Waals surface area (Å²) in [4.78, 5) is 31.6. The van der Waals surface area contributed by atoms with E-state index in [2.05, 4.69) is 5.32 Å². The minimum atomic E-state index is -1.20. The number of halogens is 1. The molecule has 1 amide bonds. The van der Waals surface area contributed by atoms with Gasteiger partial charge in [-0.1, -0.05) is 0 Å². The summed E-state index contributed by atoms with van der Waals surface area (Å²) in [5, 5.41) is 19.2. The zero-order valence-electron chi connectivity index (χ0n) is 7.90. The number of alkyl halides is 1. The van der Waals surface area contributed by atoms with Crippen molar-refractivity contribution in [3.8, 4) is 0 Å². The molecule has 86 valence electrons. The van der Waals surface area contributed by atoms with Crippen LogP contribution in [0.5, 0.6) is 0 Å². The number of aliphatic carboxylic acids is 2. The molecule has 0 aliphatic carbocycles. The molecule has 0 aliphatic heterocycles. The highest BCUT2D eigenvalue weighted by molar-refractivity contribution is 6.27. The minimum Gasteiger partial charge on any atom is -0.481 e. The molecule has 0 aliphatic rings. The largest absolute Gasteiger partial charge is 0.481 e. The van der Waals surface area contributed by atoms with E-state index in [0.29, 0.717) is 0 Å². The first-order valence-electron chi connectivity index (χ1n) is 4.27. The quantitative estimate of drug-likeness (QED) is 0.543. The van der Waals surface area contributed by atoms with Crippen molar-refractivity contribution in [2.24, 2.45) is 0 Å². The van der Waals surface area contributed by atoms with Gasteiger partial charge in [-0.2, -0.15) is 0 Å². The van der Waals surface area contributed by atoms with Gasteiger partial charge in [-0.25, -0.2) is 4.79 Å². The lowest BCUT2D eigenvalue weighted by atomic mass is 10.1. The average Bonchev–Trinajstić information content (AvgIpc) is 2.15. The van der Waals surface area contributed by atoms with Crippen LogP contribution in [0.15, 0.2) is 0 Å². The Hall–Kier alpha value is -1.30. The van der Waals surface area contributed by atoms with Crippen LogP contribution in [0.25, 0.3) is 0 Å². The maximum absolute atomic E-state index is 10.8. The van der Waals surface area contributed by atoms with Crippen LogP contribution >= 0.6 is 11.6 Å². The van der Waals surface area contributed by atoms with Crippen LogP contribution < -0.4 is 5.32 Å². The first-order valence-corrected chi connectivity index (χ1v) is 4.80. The third kappa shape index (κ3) is 6.73. The van der Waals surface area contributed by atoms with Crippen molar-refractivity contribution in [2.75, 3.05) is 5.88 Å². The molecule has 0 rings (SSSR count). The van der Waals surface area contributed by atoms with E-state index in [1.807, 2.05) is 0 Å². The van der Waals surface area contributed by atoms with Gasteiger partial charge in [0.2, 0.25) is 5.91 Å². The summed E-state index contributed by atoms with van der Waals surface area (Å²) in [6.45, 7) is 0. The molecule has 0 saturated heterocycles.